The van der Waals surface area contributed by atoms with Gasteiger partial charge in [-0.05, 0) is 11.6 Å². The molecule has 0 saturated heterocycles. The first-order chi connectivity index (χ1) is 6.40. The highest BCUT2D eigenvalue weighted by Gasteiger charge is 2.03. The first-order valence-corrected chi connectivity index (χ1v) is 4.13. The first kappa shape index (κ1) is 7.75. The van der Waals surface area contributed by atoms with Gasteiger partial charge in [-0.25, -0.2) is 4.99 Å². The van der Waals surface area contributed by atoms with Gasteiger partial charge in [0.2, 0.25) is 0 Å². The highest BCUT2D eigenvalue weighted by molar-refractivity contribution is 6.02. The molecule has 2 heteroatoms. The van der Waals surface area contributed by atoms with Crippen molar-refractivity contribution in [3.8, 4) is 6.07 Å². The third-order valence-electron chi connectivity index (χ3n) is 1.93. The van der Waals surface area contributed by atoms with Crippen molar-refractivity contribution in [2.24, 2.45) is 4.99 Å². The van der Waals surface area contributed by atoms with E-state index in [1.165, 1.54) is 0 Å². The molecule has 13 heavy (non-hydrogen) atoms. The van der Waals surface area contributed by atoms with Crippen LogP contribution >= 0.6 is 0 Å². The summed E-state index contributed by atoms with van der Waals surface area (Å²) in [6, 6.07) is 9.89. The summed E-state index contributed by atoms with van der Waals surface area (Å²) in [4.78, 5) is 4.25. The molecular weight excluding hydrogens is 160 g/mol. The molecule has 1 aliphatic rings. The maximum Gasteiger partial charge on any atom is 0.122 e. The highest BCUT2D eigenvalue weighted by Crippen LogP contribution is 2.23. The van der Waals surface area contributed by atoms with Crippen LogP contribution in [0.15, 0.2) is 35.3 Å². The third kappa shape index (κ3) is 1.50. The second-order valence-electron chi connectivity index (χ2n) is 2.84. The number of rotatable bonds is 0. The summed E-state index contributed by atoms with van der Waals surface area (Å²) in [5.74, 6) is 0. The summed E-state index contributed by atoms with van der Waals surface area (Å²) >= 11 is 0. The average Bonchev–Trinajstić information content (AvgIpc) is 2.38. The van der Waals surface area contributed by atoms with Crippen LogP contribution in [0.1, 0.15) is 12.0 Å². The zero-order valence-electron chi connectivity index (χ0n) is 7.07. The summed E-state index contributed by atoms with van der Waals surface area (Å²) in [7, 11) is 0. The number of aliphatic imine (C=N–C) groups is 1. The van der Waals surface area contributed by atoms with Gasteiger partial charge in [0.25, 0.3) is 0 Å². The van der Waals surface area contributed by atoms with Crippen molar-refractivity contribution < 1.29 is 0 Å². The van der Waals surface area contributed by atoms with Crippen molar-refractivity contribution >= 4 is 17.5 Å². The lowest BCUT2D eigenvalue weighted by Gasteiger charge is -1.96. The number of hydrogen-bond acceptors (Lipinski definition) is 2. The molecule has 0 amide bonds. The number of hydrogen-bond donors (Lipinski definition) is 0. The Balaban J connectivity index is 2.57. The van der Waals surface area contributed by atoms with Crippen LogP contribution in [0, 0.1) is 11.3 Å². The fraction of sp³-hybridized carbons (Fsp3) is 0.0909. The molecule has 1 aromatic rings. The maximum atomic E-state index is 8.73. The molecule has 2 rings (SSSR count). The number of benzene rings is 1. The Morgan fingerprint density at radius 2 is 2.15 bits per heavy atom. The molecule has 0 radical (unpaired) electrons. The van der Waals surface area contributed by atoms with Gasteiger partial charge in [-0.1, -0.05) is 30.4 Å². The Morgan fingerprint density at radius 1 is 1.31 bits per heavy atom. The summed E-state index contributed by atoms with van der Waals surface area (Å²) in [6.45, 7) is 0. The normalized spacial score (nSPS) is 13.9. The van der Waals surface area contributed by atoms with Gasteiger partial charge >= 0.3 is 0 Å². The van der Waals surface area contributed by atoms with Crippen molar-refractivity contribution in [3.63, 3.8) is 0 Å². The van der Waals surface area contributed by atoms with E-state index in [1.54, 1.807) is 0 Å². The average molecular weight is 168 g/mol. The van der Waals surface area contributed by atoms with Crippen molar-refractivity contribution in [3.05, 3.63) is 35.9 Å². The van der Waals surface area contributed by atoms with E-state index in [0.717, 1.165) is 11.3 Å². The fourth-order valence-electron chi connectivity index (χ4n) is 1.29. The minimum atomic E-state index is 0.571. The molecule has 1 heterocycles. The third-order valence-corrected chi connectivity index (χ3v) is 1.93. The summed E-state index contributed by atoms with van der Waals surface area (Å²) in [5.41, 5.74) is 2.53. The molecule has 1 aromatic carbocycles. The molecule has 2 nitrogen and oxygen atoms in total. The van der Waals surface area contributed by atoms with Crippen LogP contribution in [0.2, 0.25) is 0 Å². The molecule has 0 aromatic heterocycles. The van der Waals surface area contributed by atoms with E-state index in [-0.39, 0.29) is 0 Å². The van der Waals surface area contributed by atoms with Crippen molar-refractivity contribution in [1.82, 2.24) is 0 Å². The van der Waals surface area contributed by atoms with Crippen LogP contribution in [-0.4, -0.2) is 5.71 Å². The molecule has 0 spiro atoms. The fourth-order valence-corrected chi connectivity index (χ4v) is 1.29. The van der Waals surface area contributed by atoms with Gasteiger partial charge in [0, 0.05) is 6.42 Å². The Bertz CT molecular complexity index is 422. The molecule has 0 unspecified atom stereocenters. The van der Waals surface area contributed by atoms with Crippen LogP contribution < -0.4 is 0 Å². The smallest absolute Gasteiger partial charge is 0.122 e. The highest BCUT2D eigenvalue weighted by atomic mass is 14.8. The lowest BCUT2D eigenvalue weighted by Crippen LogP contribution is -1.88. The van der Waals surface area contributed by atoms with Crippen LogP contribution in [0.25, 0.3) is 6.08 Å². The summed E-state index contributed by atoms with van der Waals surface area (Å²) in [5, 5.41) is 8.73. The molecule has 0 bridgehead atoms. The van der Waals surface area contributed by atoms with Crippen LogP contribution in [0.4, 0.5) is 5.69 Å². The zero-order chi connectivity index (χ0) is 9.10. The number of allylic oxidation sites excluding steroid dienone is 1. The van der Waals surface area contributed by atoms with Gasteiger partial charge in [0.15, 0.2) is 0 Å². The summed E-state index contributed by atoms with van der Waals surface area (Å²) < 4.78 is 0. The topological polar surface area (TPSA) is 36.1 Å². The van der Waals surface area contributed by atoms with Gasteiger partial charge in [-0.15, -0.1) is 0 Å². The van der Waals surface area contributed by atoms with Gasteiger partial charge < -0.3 is 0 Å². The molecule has 0 saturated carbocycles. The molecule has 1 aliphatic heterocycles. The minimum Gasteiger partial charge on any atom is -0.241 e. The lowest BCUT2D eigenvalue weighted by atomic mass is 10.2. The van der Waals surface area contributed by atoms with E-state index < -0.39 is 0 Å². The van der Waals surface area contributed by atoms with Gasteiger partial charge in [-0.3, -0.25) is 0 Å². The Hall–Kier alpha value is -1.88. The number of fused-ring (bicyclic) bond motifs is 1. The van der Waals surface area contributed by atoms with E-state index in [4.69, 9.17) is 5.26 Å². The van der Waals surface area contributed by atoms with Crippen LogP contribution in [0.5, 0.6) is 0 Å². The van der Waals surface area contributed by atoms with Crippen molar-refractivity contribution in [1.29, 1.82) is 5.26 Å². The number of nitrogens with zero attached hydrogens (tertiary/aromatic N) is 2. The van der Waals surface area contributed by atoms with E-state index in [1.807, 2.05) is 36.4 Å². The Labute approximate surface area is 76.8 Å². The molecular formula is C11H8N2. The maximum absolute atomic E-state index is 8.73. The van der Waals surface area contributed by atoms with Crippen LogP contribution in [-0.2, 0) is 0 Å². The molecule has 0 N–H and O–H groups in total. The molecule has 0 aliphatic carbocycles. The molecule has 0 atom stereocenters. The minimum absolute atomic E-state index is 0.571. The predicted molar refractivity (Wildman–Crippen MR) is 52.8 cm³/mol. The van der Waals surface area contributed by atoms with Gasteiger partial charge in [-0.2, -0.15) is 5.26 Å². The standard InChI is InChI=1S/C11H8N2/c12-8-10-6-3-5-9-4-1-2-7-11(9)13-10/h1-5,7H,6H2. The molecule has 0 fully saturated rings. The van der Waals surface area contributed by atoms with E-state index in [2.05, 4.69) is 11.1 Å². The largest absolute Gasteiger partial charge is 0.241 e. The first-order valence-electron chi connectivity index (χ1n) is 4.13. The zero-order valence-corrected chi connectivity index (χ0v) is 7.07. The monoisotopic (exact) mass is 168 g/mol. The number of nitriles is 1. The number of para-hydroxylation sites is 1. The summed E-state index contributed by atoms with van der Waals surface area (Å²) in [6.07, 6.45) is 4.60. The second-order valence-corrected chi connectivity index (χ2v) is 2.84. The SMILES string of the molecule is N#CC1=Nc2ccccc2C=CC1. The van der Waals surface area contributed by atoms with E-state index in [0.29, 0.717) is 12.1 Å². The quantitative estimate of drug-likeness (QED) is 0.586. The second kappa shape index (κ2) is 3.24. The van der Waals surface area contributed by atoms with Crippen molar-refractivity contribution in [2.75, 3.05) is 0 Å². The molecule has 62 valence electrons. The van der Waals surface area contributed by atoms with Crippen molar-refractivity contribution in [2.45, 2.75) is 6.42 Å². The Kier molecular flexibility index (Phi) is 1.93. The van der Waals surface area contributed by atoms with E-state index >= 15 is 0 Å². The predicted octanol–water partition coefficient (Wildman–Crippen LogP) is 2.70. The van der Waals surface area contributed by atoms with E-state index in [9.17, 15) is 0 Å². The van der Waals surface area contributed by atoms with Gasteiger partial charge in [0.05, 0.1) is 5.69 Å². The lowest BCUT2D eigenvalue weighted by molar-refractivity contribution is 1.43. The Morgan fingerprint density at radius 3 is 3.00 bits per heavy atom. The van der Waals surface area contributed by atoms with Gasteiger partial charge in [0.1, 0.15) is 11.8 Å². The van der Waals surface area contributed by atoms with Crippen LogP contribution in [0.3, 0.4) is 0 Å².